The van der Waals surface area contributed by atoms with E-state index < -0.39 is 5.97 Å². The highest BCUT2D eigenvalue weighted by atomic mass is 32.1. The van der Waals surface area contributed by atoms with Crippen LogP contribution in [0.25, 0.3) is 0 Å². The molecule has 0 aliphatic rings. The first-order valence-electron chi connectivity index (χ1n) is 5.25. The molecule has 0 aliphatic carbocycles. The summed E-state index contributed by atoms with van der Waals surface area (Å²) < 4.78 is 0. The van der Waals surface area contributed by atoms with Crippen molar-refractivity contribution in [3.63, 3.8) is 0 Å². The average Bonchev–Trinajstić information content (AvgIpc) is 2.65. The van der Waals surface area contributed by atoms with Crippen molar-refractivity contribution < 1.29 is 9.90 Å². The van der Waals surface area contributed by atoms with Gasteiger partial charge in [0.1, 0.15) is 0 Å². The largest absolute Gasteiger partial charge is 0.478 e. The van der Waals surface area contributed by atoms with Gasteiger partial charge in [0.05, 0.1) is 5.56 Å². The minimum absolute atomic E-state index is 0.384. The van der Waals surface area contributed by atoms with Crippen LogP contribution >= 0.6 is 11.3 Å². The van der Waals surface area contributed by atoms with Crippen molar-refractivity contribution in [1.82, 2.24) is 10.2 Å². The van der Waals surface area contributed by atoms with E-state index in [2.05, 4.69) is 24.3 Å². The van der Waals surface area contributed by atoms with Gasteiger partial charge in [-0.1, -0.05) is 0 Å². The fourth-order valence-corrected chi connectivity index (χ4v) is 2.14. The molecule has 1 aromatic rings. The number of hydrogen-bond donors (Lipinski definition) is 2. The molecule has 2 N–H and O–H groups in total. The molecule has 16 heavy (non-hydrogen) atoms. The Morgan fingerprint density at radius 1 is 1.56 bits per heavy atom. The molecule has 4 nitrogen and oxygen atoms in total. The highest BCUT2D eigenvalue weighted by molar-refractivity contribution is 7.10. The van der Waals surface area contributed by atoms with Gasteiger partial charge in [0, 0.05) is 16.8 Å². The van der Waals surface area contributed by atoms with Crippen LogP contribution in [0.4, 0.5) is 0 Å². The van der Waals surface area contributed by atoms with E-state index in [1.54, 1.807) is 11.4 Å². The van der Waals surface area contributed by atoms with Gasteiger partial charge < -0.3 is 15.3 Å². The molecule has 1 heterocycles. The minimum atomic E-state index is -0.852. The van der Waals surface area contributed by atoms with Gasteiger partial charge in [-0.25, -0.2) is 4.79 Å². The Morgan fingerprint density at radius 2 is 2.31 bits per heavy atom. The molecule has 0 saturated carbocycles. The van der Waals surface area contributed by atoms with Gasteiger partial charge in [0.15, 0.2) is 0 Å². The summed E-state index contributed by atoms with van der Waals surface area (Å²) in [5.41, 5.74) is 0.384. The van der Waals surface area contributed by atoms with Crippen molar-refractivity contribution in [2.24, 2.45) is 0 Å². The maximum absolute atomic E-state index is 10.6. The number of carboxylic acids is 1. The van der Waals surface area contributed by atoms with E-state index in [1.807, 2.05) is 0 Å². The van der Waals surface area contributed by atoms with Crippen molar-refractivity contribution in [1.29, 1.82) is 0 Å². The number of nitrogens with one attached hydrogen (secondary N) is 1. The van der Waals surface area contributed by atoms with Gasteiger partial charge in [0.25, 0.3) is 0 Å². The zero-order chi connectivity index (χ0) is 12.0. The van der Waals surface area contributed by atoms with E-state index in [0.717, 1.165) is 30.9 Å². The Bertz CT molecular complexity index is 336. The number of hydrogen-bond acceptors (Lipinski definition) is 4. The Kier molecular flexibility index (Phi) is 5.45. The van der Waals surface area contributed by atoms with Gasteiger partial charge in [-0.05, 0) is 39.7 Å². The van der Waals surface area contributed by atoms with Crippen molar-refractivity contribution in [2.45, 2.75) is 13.0 Å². The van der Waals surface area contributed by atoms with E-state index in [9.17, 15) is 4.79 Å². The fourth-order valence-electron chi connectivity index (χ4n) is 1.32. The van der Waals surface area contributed by atoms with E-state index in [1.165, 1.54) is 11.3 Å². The van der Waals surface area contributed by atoms with Gasteiger partial charge in [-0.2, -0.15) is 0 Å². The quantitative estimate of drug-likeness (QED) is 0.711. The van der Waals surface area contributed by atoms with Gasteiger partial charge in [0.2, 0.25) is 0 Å². The lowest BCUT2D eigenvalue weighted by molar-refractivity contribution is 0.0697. The summed E-state index contributed by atoms with van der Waals surface area (Å²) in [4.78, 5) is 13.9. The molecule has 0 spiro atoms. The maximum Gasteiger partial charge on any atom is 0.336 e. The fraction of sp³-hybridized carbons (Fsp3) is 0.545. The molecular formula is C11H18N2O2S. The van der Waals surface area contributed by atoms with Gasteiger partial charge in [-0.3, -0.25) is 0 Å². The number of aromatic carboxylic acids is 1. The number of thiophene rings is 1. The predicted molar refractivity (Wildman–Crippen MR) is 66.2 cm³/mol. The molecule has 0 amide bonds. The molecule has 1 aromatic heterocycles. The van der Waals surface area contributed by atoms with Crippen LogP contribution in [0.2, 0.25) is 0 Å². The van der Waals surface area contributed by atoms with Crippen molar-refractivity contribution in [2.75, 3.05) is 27.2 Å². The molecule has 0 fully saturated rings. The van der Waals surface area contributed by atoms with Gasteiger partial charge >= 0.3 is 5.97 Å². The molecular weight excluding hydrogens is 224 g/mol. The summed E-state index contributed by atoms with van der Waals surface area (Å²) in [5, 5.41) is 13.7. The summed E-state index contributed by atoms with van der Waals surface area (Å²) >= 11 is 1.49. The molecule has 0 saturated heterocycles. The van der Waals surface area contributed by atoms with E-state index in [-0.39, 0.29) is 0 Å². The molecule has 5 heteroatoms. The first-order chi connectivity index (χ1) is 7.59. The highest BCUT2D eigenvalue weighted by Crippen LogP contribution is 2.14. The smallest absolute Gasteiger partial charge is 0.336 e. The number of carbonyl (C=O) groups is 1. The molecule has 0 aromatic carbocycles. The van der Waals surface area contributed by atoms with E-state index in [4.69, 9.17) is 5.11 Å². The summed E-state index contributed by atoms with van der Waals surface area (Å²) in [6.45, 7) is 2.78. The molecule has 0 aliphatic heterocycles. The number of carboxylic acid groups (broad SMARTS) is 1. The van der Waals surface area contributed by atoms with Crippen molar-refractivity contribution in [3.8, 4) is 0 Å². The Hall–Kier alpha value is -0.910. The first kappa shape index (κ1) is 13.2. The lowest BCUT2D eigenvalue weighted by atomic mass is 10.3. The Labute approximate surface area is 99.9 Å². The van der Waals surface area contributed by atoms with Crippen LogP contribution in [0.1, 0.15) is 21.7 Å². The maximum atomic E-state index is 10.6. The van der Waals surface area contributed by atoms with E-state index in [0.29, 0.717) is 5.56 Å². The summed E-state index contributed by atoms with van der Waals surface area (Å²) in [5.74, 6) is -0.852. The molecule has 1 rings (SSSR count). The van der Waals surface area contributed by atoms with Crippen LogP contribution in [-0.4, -0.2) is 43.2 Å². The molecule has 0 atom stereocenters. The summed E-state index contributed by atoms with van der Waals surface area (Å²) in [6, 6.07) is 1.73. The zero-order valence-electron chi connectivity index (χ0n) is 9.69. The predicted octanol–water partition coefficient (Wildman–Crippen LogP) is 1.49. The third-order valence-electron chi connectivity index (χ3n) is 2.16. The lowest BCUT2D eigenvalue weighted by Gasteiger charge is -2.09. The number of rotatable bonds is 7. The second kappa shape index (κ2) is 6.62. The summed E-state index contributed by atoms with van der Waals surface area (Å²) in [7, 11) is 4.11. The average molecular weight is 242 g/mol. The standard InChI is InChI=1S/C11H18N2O2S/c1-13(2)5-3-4-12-7-10-6-9(8-16-10)11(14)15/h6,8,12H,3-5,7H2,1-2H3,(H,14,15). The topological polar surface area (TPSA) is 52.6 Å². The second-order valence-corrected chi connectivity index (χ2v) is 4.94. The Morgan fingerprint density at radius 3 is 2.88 bits per heavy atom. The number of nitrogens with zero attached hydrogens (tertiary/aromatic N) is 1. The Balaban J connectivity index is 2.19. The van der Waals surface area contributed by atoms with Crippen molar-refractivity contribution in [3.05, 3.63) is 21.9 Å². The highest BCUT2D eigenvalue weighted by Gasteiger charge is 2.05. The first-order valence-corrected chi connectivity index (χ1v) is 6.13. The third kappa shape index (κ3) is 4.74. The van der Waals surface area contributed by atoms with Crippen LogP contribution in [0.3, 0.4) is 0 Å². The van der Waals surface area contributed by atoms with Crippen LogP contribution in [-0.2, 0) is 6.54 Å². The SMILES string of the molecule is CN(C)CCCNCc1cc(C(=O)O)cs1. The van der Waals surface area contributed by atoms with E-state index >= 15 is 0 Å². The monoisotopic (exact) mass is 242 g/mol. The third-order valence-corrected chi connectivity index (χ3v) is 3.10. The van der Waals surface area contributed by atoms with Crippen LogP contribution in [0.15, 0.2) is 11.4 Å². The minimum Gasteiger partial charge on any atom is -0.478 e. The normalized spacial score (nSPS) is 10.9. The second-order valence-electron chi connectivity index (χ2n) is 3.94. The molecule has 0 bridgehead atoms. The molecule has 0 radical (unpaired) electrons. The van der Waals surface area contributed by atoms with Gasteiger partial charge in [-0.15, -0.1) is 11.3 Å². The van der Waals surface area contributed by atoms with Crippen molar-refractivity contribution >= 4 is 17.3 Å². The summed E-state index contributed by atoms with van der Waals surface area (Å²) in [6.07, 6.45) is 1.10. The molecule has 90 valence electrons. The molecule has 0 unspecified atom stereocenters. The van der Waals surface area contributed by atoms with Crippen LogP contribution in [0, 0.1) is 0 Å². The van der Waals surface area contributed by atoms with Crippen LogP contribution < -0.4 is 5.32 Å². The van der Waals surface area contributed by atoms with Crippen LogP contribution in [0.5, 0.6) is 0 Å². The lowest BCUT2D eigenvalue weighted by Crippen LogP contribution is -2.20. The zero-order valence-corrected chi connectivity index (χ0v) is 10.5.